The van der Waals surface area contributed by atoms with Gasteiger partial charge in [-0.3, -0.25) is 19.4 Å². The van der Waals surface area contributed by atoms with E-state index < -0.39 is 71.5 Å². The topological polar surface area (TPSA) is 171 Å². The smallest absolute Gasteiger partial charge is 0.407 e. The van der Waals surface area contributed by atoms with Gasteiger partial charge < -0.3 is 34.5 Å². The summed E-state index contributed by atoms with van der Waals surface area (Å²) in [6.07, 6.45) is -8.27. The lowest BCUT2D eigenvalue weighted by Crippen LogP contribution is -2.58. The summed E-state index contributed by atoms with van der Waals surface area (Å²) < 4.78 is 37.5. The maximum absolute atomic E-state index is 15.8. The number of alkyl halides is 1. The number of benzene rings is 2. The highest BCUT2D eigenvalue weighted by Gasteiger charge is 2.48. The van der Waals surface area contributed by atoms with Crippen molar-refractivity contribution in [1.29, 1.82) is 0 Å². The van der Waals surface area contributed by atoms with Crippen molar-refractivity contribution in [1.82, 2.24) is 10.3 Å². The van der Waals surface area contributed by atoms with Gasteiger partial charge in [-0.25, -0.2) is 9.18 Å². The summed E-state index contributed by atoms with van der Waals surface area (Å²) in [6, 6.07) is 9.21. The number of fused-ring (bicyclic) bond motifs is 4. The average molecular weight is 611 g/mol. The van der Waals surface area contributed by atoms with Crippen molar-refractivity contribution in [2.75, 3.05) is 6.54 Å². The number of aromatic hydroxyl groups is 1. The lowest BCUT2D eigenvalue weighted by Gasteiger charge is -2.39. The summed E-state index contributed by atoms with van der Waals surface area (Å²) in [7, 11) is 0. The molecular weight excluding hydrogens is 579 g/mol. The Morgan fingerprint density at radius 2 is 1.73 bits per heavy atom. The Bertz CT molecular complexity index is 1650. The maximum Gasteiger partial charge on any atom is 0.407 e. The molecule has 2 aromatic carbocycles. The van der Waals surface area contributed by atoms with Crippen LogP contribution in [-0.2, 0) is 19.0 Å². The van der Waals surface area contributed by atoms with Gasteiger partial charge in [0.1, 0.15) is 17.2 Å². The summed E-state index contributed by atoms with van der Waals surface area (Å²) in [5.74, 6) is -3.23. The summed E-state index contributed by atoms with van der Waals surface area (Å²) in [5, 5.41) is 24.5. The van der Waals surface area contributed by atoms with E-state index in [2.05, 4.69) is 10.3 Å². The fourth-order valence-electron chi connectivity index (χ4n) is 5.10. The molecule has 1 aromatic heterocycles. The highest BCUT2D eigenvalue weighted by atomic mass is 19.1. The van der Waals surface area contributed by atoms with Crippen LogP contribution in [0.2, 0.25) is 0 Å². The van der Waals surface area contributed by atoms with E-state index in [0.29, 0.717) is 0 Å². The van der Waals surface area contributed by atoms with Gasteiger partial charge in [0.25, 0.3) is 0 Å². The van der Waals surface area contributed by atoms with Crippen molar-refractivity contribution < 1.29 is 52.7 Å². The number of carbonyl (C=O) groups is 4. The van der Waals surface area contributed by atoms with Crippen molar-refractivity contribution in [3.05, 3.63) is 64.8 Å². The highest BCUT2D eigenvalue weighted by molar-refractivity contribution is 6.33. The van der Waals surface area contributed by atoms with Crippen LogP contribution in [0.1, 0.15) is 66.0 Å². The number of aliphatic hydroxyl groups excluding tert-OH is 1. The van der Waals surface area contributed by atoms with E-state index in [9.17, 15) is 29.4 Å². The highest BCUT2D eigenvalue weighted by Crippen LogP contribution is 2.45. The molecule has 1 aliphatic carbocycles. The summed E-state index contributed by atoms with van der Waals surface area (Å²) >= 11 is 0. The third kappa shape index (κ3) is 5.80. The minimum Gasteiger partial charge on any atom is -0.504 e. The number of phenolic OH excluding ortho intramolecular Hbond substituents is 1. The monoisotopic (exact) mass is 610 g/mol. The zero-order valence-electron chi connectivity index (χ0n) is 24.3. The molecular formula is C31H31FN2O10. The molecule has 1 fully saturated rings. The molecule has 13 heteroatoms. The number of ether oxygens (including phenoxy) is 4. The maximum atomic E-state index is 15.8. The van der Waals surface area contributed by atoms with Gasteiger partial charge in [0.05, 0.1) is 18.1 Å². The molecule has 12 nitrogen and oxygen atoms in total. The zero-order chi connectivity index (χ0) is 31.9. The first kappa shape index (κ1) is 30.8. The number of pyridine rings is 1. The number of hydrogen-bond donors (Lipinski definition) is 3. The van der Waals surface area contributed by atoms with Crippen molar-refractivity contribution >= 4 is 34.5 Å². The first-order valence-electron chi connectivity index (χ1n) is 13.9. The molecule has 0 radical (unpaired) electrons. The summed E-state index contributed by atoms with van der Waals surface area (Å²) in [6.45, 7) is 6.25. The Morgan fingerprint density at radius 3 is 2.39 bits per heavy atom. The number of nitrogens with zero attached hydrogens (tertiary/aromatic N) is 1. The fourth-order valence-corrected chi connectivity index (χ4v) is 5.10. The molecule has 5 rings (SSSR count). The Balaban J connectivity index is 1.40. The molecule has 1 saturated heterocycles. The number of esters is 1. The normalized spacial score (nSPS) is 23.0. The molecule has 2 aliphatic rings. The number of alkyl carbamates (subject to hydrolysis) is 1. The average Bonchev–Trinajstić information content (AvgIpc) is 2.97. The van der Waals surface area contributed by atoms with Crippen LogP contribution in [0.15, 0.2) is 42.6 Å². The van der Waals surface area contributed by atoms with Gasteiger partial charge in [-0.1, -0.05) is 30.3 Å². The van der Waals surface area contributed by atoms with Crippen LogP contribution in [0.25, 0.3) is 10.9 Å². The molecule has 0 unspecified atom stereocenters. The molecule has 5 atom stereocenters. The van der Waals surface area contributed by atoms with E-state index in [4.69, 9.17) is 18.9 Å². The van der Waals surface area contributed by atoms with Crippen molar-refractivity contribution in [2.24, 2.45) is 0 Å². The molecule has 44 heavy (non-hydrogen) atoms. The molecule has 0 bridgehead atoms. The second-order valence-electron chi connectivity index (χ2n) is 11.4. The predicted octanol–water partition coefficient (Wildman–Crippen LogP) is 3.37. The largest absolute Gasteiger partial charge is 0.504 e. The van der Waals surface area contributed by atoms with Gasteiger partial charge in [0, 0.05) is 34.8 Å². The number of ketones is 2. The van der Waals surface area contributed by atoms with Gasteiger partial charge in [0.2, 0.25) is 12.5 Å². The summed E-state index contributed by atoms with van der Waals surface area (Å²) in [5.41, 5.74) is -0.944. The van der Waals surface area contributed by atoms with E-state index in [1.54, 1.807) is 32.9 Å². The van der Waals surface area contributed by atoms with Crippen molar-refractivity contribution in [2.45, 2.75) is 70.5 Å². The Hall–Kier alpha value is -4.62. The van der Waals surface area contributed by atoms with Crippen LogP contribution in [0, 0.1) is 0 Å². The van der Waals surface area contributed by atoms with E-state index >= 15 is 4.39 Å². The minimum absolute atomic E-state index is 0.0411. The van der Waals surface area contributed by atoms with Crippen LogP contribution in [0.5, 0.6) is 11.5 Å². The second kappa shape index (κ2) is 11.8. The number of phenols is 1. The number of aliphatic hydroxyl groups is 1. The number of rotatable bonds is 6. The van der Waals surface area contributed by atoms with Crippen LogP contribution >= 0.6 is 0 Å². The Labute approximate surface area is 251 Å². The third-order valence-corrected chi connectivity index (χ3v) is 7.10. The second-order valence-corrected chi connectivity index (χ2v) is 11.4. The molecule has 0 saturated carbocycles. The molecule has 3 N–H and O–H groups in total. The van der Waals surface area contributed by atoms with E-state index in [1.807, 2.05) is 0 Å². The van der Waals surface area contributed by atoms with Crippen LogP contribution < -0.4 is 10.1 Å². The SMILES string of the molecule is C[C@@H]1O[C@@H](Oc2c(O)c3c(c4cccnc24)C(=O)c2ccccc2C3=O)[C@H](F)[C@H](OC(=O)CCNC(=O)OC(C)(C)C)[C@@H]1O. The van der Waals surface area contributed by atoms with E-state index in [0.717, 1.165) is 0 Å². The number of carbonyl (C=O) groups excluding carboxylic acids is 4. The van der Waals surface area contributed by atoms with Crippen LogP contribution in [0.3, 0.4) is 0 Å². The van der Waals surface area contributed by atoms with Crippen molar-refractivity contribution in [3.8, 4) is 11.5 Å². The van der Waals surface area contributed by atoms with Crippen LogP contribution in [-0.4, -0.2) is 81.7 Å². The molecule has 0 spiro atoms. The number of aromatic nitrogens is 1. The fraction of sp³-hybridized carbons (Fsp3) is 0.387. The number of amides is 1. The first-order valence-corrected chi connectivity index (χ1v) is 13.9. The van der Waals surface area contributed by atoms with Gasteiger partial charge >= 0.3 is 12.1 Å². The quantitative estimate of drug-likeness (QED) is 0.274. The molecule has 3 aromatic rings. The van der Waals surface area contributed by atoms with Gasteiger partial charge in [0.15, 0.2) is 29.2 Å². The Morgan fingerprint density at radius 1 is 1.07 bits per heavy atom. The van der Waals surface area contributed by atoms with Crippen molar-refractivity contribution in [3.63, 3.8) is 0 Å². The standard InChI is InChI=1S/C31H31FN2O10/c1-14-23(36)27(42-18(35)11-13-34-30(40)44-31(2,3)4)21(32)29(41-14)43-28-22-17(10-7-12-33-22)19-20(26(28)39)25(38)16-9-6-5-8-15(16)24(19)37/h5-10,12,14,21,23,27,29,36,39H,11,13H2,1-4H3,(H,34,40)/t14-,21+,23+,27-,29-/m0/s1. The molecule has 1 amide bonds. The van der Waals surface area contributed by atoms with Crippen LogP contribution in [0.4, 0.5) is 9.18 Å². The minimum atomic E-state index is -2.27. The summed E-state index contributed by atoms with van der Waals surface area (Å²) in [4.78, 5) is 55.5. The van der Waals surface area contributed by atoms with Gasteiger partial charge in [-0.05, 0) is 33.8 Å². The first-order chi connectivity index (χ1) is 20.8. The number of halogens is 1. The van der Waals surface area contributed by atoms with Gasteiger partial charge in [-0.2, -0.15) is 0 Å². The number of nitrogens with one attached hydrogen (secondary N) is 1. The Kier molecular flexibility index (Phi) is 8.28. The van der Waals surface area contributed by atoms with Gasteiger partial charge in [-0.15, -0.1) is 0 Å². The lowest BCUT2D eigenvalue weighted by molar-refractivity contribution is -0.257. The van der Waals surface area contributed by atoms with E-state index in [-0.39, 0.29) is 46.1 Å². The molecule has 1 aliphatic heterocycles. The third-order valence-electron chi connectivity index (χ3n) is 7.10. The molecule has 2 heterocycles. The predicted molar refractivity (Wildman–Crippen MR) is 151 cm³/mol. The molecule has 232 valence electrons. The zero-order valence-corrected chi connectivity index (χ0v) is 24.3. The lowest BCUT2D eigenvalue weighted by atomic mass is 9.81. The van der Waals surface area contributed by atoms with E-state index in [1.165, 1.54) is 37.4 Å². The number of hydrogen-bond acceptors (Lipinski definition) is 11.